The fraction of sp³-hybridized carbons (Fsp3) is 0.118. The molecule has 1 unspecified atom stereocenters. The van der Waals surface area contributed by atoms with E-state index in [0.717, 1.165) is 17.5 Å². The summed E-state index contributed by atoms with van der Waals surface area (Å²) in [7, 11) is 0. The van der Waals surface area contributed by atoms with E-state index < -0.39 is 0 Å². The van der Waals surface area contributed by atoms with Gasteiger partial charge in [0.1, 0.15) is 18.4 Å². The van der Waals surface area contributed by atoms with Crippen molar-refractivity contribution in [2.24, 2.45) is 5.90 Å². The molecule has 0 saturated carbocycles. The third-order valence-electron chi connectivity index (χ3n) is 3.77. The number of aromatic nitrogens is 3. The molecule has 0 aliphatic heterocycles. The van der Waals surface area contributed by atoms with Crippen LogP contribution < -0.4 is 10.1 Å². The van der Waals surface area contributed by atoms with E-state index in [9.17, 15) is 0 Å². The molecule has 132 valence electrons. The van der Waals surface area contributed by atoms with Gasteiger partial charge in [0.2, 0.25) is 0 Å². The molecule has 0 radical (unpaired) electrons. The molecular weight excluding hydrogens is 354 g/mol. The Labute approximate surface area is 154 Å². The van der Waals surface area contributed by atoms with E-state index in [1.807, 2.05) is 41.0 Å². The quantitative estimate of drug-likeness (QED) is 0.279. The minimum Gasteiger partial charge on any atom is -0.399 e. The maximum Gasteiger partial charge on any atom is 0.260 e. The van der Waals surface area contributed by atoms with E-state index in [2.05, 4.69) is 25.6 Å². The molecule has 2 N–H and O–H groups in total. The molecule has 0 amide bonds. The van der Waals surface area contributed by atoms with Crippen LogP contribution in [0, 0.1) is 11.3 Å². The van der Waals surface area contributed by atoms with E-state index in [0.29, 0.717) is 23.6 Å². The van der Waals surface area contributed by atoms with Crippen LogP contribution in [0.15, 0.2) is 61.2 Å². The van der Waals surface area contributed by atoms with E-state index in [1.54, 1.807) is 24.8 Å². The van der Waals surface area contributed by atoms with Gasteiger partial charge in [0.05, 0.1) is 17.7 Å². The van der Waals surface area contributed by atoms with E-state index >= 15 is 0 Å². The predicted octanol–water partition coefficient (Wildman–Crippen LogP) is 2.75. The molecule has 26 heavy (non-hydrogen) atoms. The summed E-state index contributed by atoms with van der Waals surface area (Å²) < 4.78 is 11.6. The first-order valence-corrected chi connectivity index (χ1v) is 8.26. The van der Waals surface area contributed by atoms with Crippen molar-refractivity contribution in [2.75, 3.05) is 0 Å². The SMILES string of the molecule is N#Cc1ccc(C(Cc2ccc(OSOON)cc2)n2cnnc2)cc1. The maximum atomic E-state index is 8.98. The smallest absolute Gasteiger partial charge is 0.260 e. The summed E-state index contributed by atoms with van der Waals surface area (Å²) in [5, 5.41) is 16.8. The normalized spacial score (nSPS) is 11.7. The minimum absolute atomic E-state index is 0.00728. The second-order valence-corrected chi connectivity index (χ2v) is 5.76. The zero-order chi connectivity index (χ0) is 18.2. The summed E-state index contributed by atoms with van der Waals surface area (Å²) in [6.45, 7) is 0. The second kappa shape index (κ2) is 8.98. The summed E-state index contributed by atoms with van der Waals surface area (Å²) in [4.78, 5) is 3.95. The summed E-state index contributed by atoms with van der Waals surface area (Å²) in [5.41, 5.74) is 2.79. The fourth-order valence-electron chi connectivity index (χ4n) is 2.52. The first kappa shape index (κ1) is 17.9. The molecule has 1 atom stereocenters. The lowest BCUT2D eigenvalue weighted by molar-refractivity contribution is -0.199. The zero-order valence-corrected chi connectivity index (χ0v) is 14.4. The van der Waals surface area contributed by atoms with Gasteiger partial charge in [-0.25, -0.2) is 0 Å². The van der Waals surface area contributed by atoms with Crippen LogP contribution in [0.5, 0.6) is 5.75 Å². The molecule has 8 nitrogen and oxygen atoms in total. The van der Waals surface area contributed by atoms with Gasteiger partial charge in [-0.05, 0) is 41.8 Å². The van der Waals surface area contributed by atoms with Crippen LogP contribution in [0.25, 0.3) is 0 Å². The summed E-state index contributed by atoms with van der Waals surface area (Å²) in [5.74, 6) is 5.34. The highest BCUT2D eigenvalue weighted by Crippen LogP contribution is 2.25. The summed E-state index contributed by atoms with van der Waals surface area (Å²) in [6, 6.07) is 17.2. The Hall–Kier alpha value is -2.90. The third-order valence-corrected chi connectivity index (χ3v) is 4.17. The van der Waals surface area contributed by atoms with Crippen LogP contribution in [-0.2, 0) is 15.7 Å². The van der Waals surface area contributed by atoms with Crippen LogP contribution >= 0.6 is 12.3 Å². The molecule has 0 saturated heterocycles. The van der Waals surface area contributed by atoms with Crippen molar-refractivity contribution in [3.8, 4) is 11.8 Å². The Morgan fingerprint density at radius 1 is 1.08 bits per heavy atom. The molecule has 2 aromatic carbocycles. The van der Waals surface area contributed by atoms with Gasteiger partial charge in [0, 0.05) is 0 Å². The Bertz CT molecular complexity index is 848. The average molecular weight is 369 g/mol. The molecule has 1 aromatic heterocycles. The molecule has 0 bridgehead atoms. The zero-order valence-electron chi connectivity index (χ0n) is 13.6. The van der Waals surface area contributed by atoms with Gasteiger partial charge in [-0.2, -0.15) is 11.2 Å². The fourth-order valence-corrected chi connectivity index (χ4v) is 2.77. The Kier molecular flexibility index (Phi) is 6.19. The highest BCUT2D eigenvalue weighted by molar-refractivity contribution is 7.90. The first-order chi connectivity index (χ1) is 12.8. The highest BCUT2D eigenvalue weighted by Gasteiger charge is 2.15. The second-order valence-electron chi connectivity index (χ2n) is 5.32. The summed E-state index contributed by atoms with van der Waals surface area (Å²) in [6.07, 6.45) is 4.09. The van der Waals surface area contributed by atoms with Gasteiger partial charge in [-0.1, -0.05) is 24.3 Å². The van der Waals surface area contributed by atoms with Crippen LogP contribution in [0.3, 0.4) is 0 Å². The van der Waals surface area contributed by atoms with Crippen LogP contribution in [0.4, 0.5) is 0 Å². The Morgan fingerprint density at radius 2 is 1.77 bits per heavy atom. The molecule has 3 rings (SSSR count). The van der Waals surface area contributed by atoms with E-state index in [4.69, 9.17) is 15.3 Å². The standard InChI is InChI=1S/C17H15N5O3S/c18-10-14-1-5-15(6-2-14)17(22-11-20-21-12-22)9-13-3-7-16(8-4-13)23-26-25-24-19/h1-8,11-12,17H,9,19H2. The van der Waals surface area contributed by atoms with Gasteiger partial charge in [-0.15, -0.1) is 19.5 Å². The minimum atomic E-state index is 0.00728. The lowest BCUT2D eigenvalue weighted by Gasteiger charge is -2.19. The lowest BCUT2D eigenvalue weighted by atomic mass is 9.98. The molecule has 0 fully saturated rings. The molecule has 1 heterocycles. The van der Waals surface area contributed by atoms with Crippen molar-refractivity contribution in [1.29, 1.82) is 5.26 Å². The Morgan fingerprint density at radius 3 is 2.38 bits per heavy atom. The van der Waals surface area contributed by atoms with Crippen LogP contribution in [-0.4, -0.2) is 14.8 Å². The van der Waals surface area contributed by atoms with Crippen LogP contribution in [0.1, 0.15) is 22.7 Å². The Balaban J connectivity index is 1.77. The number of nitrogens with two attached hydrogens (primary N) is 1. The van der Waals surface area contributed by atoms with Crippen molar-refractivity contribution < 1.29 is 13.5 Å². The van der Waals surface area contributed by atoms with E-state index in [-0.39, 0.29) is 6.04 Å². The number of nitriles is 1. The molecule has 3 aromatic rings. The largest absolute Gasteiger partial charge is 0.399 e. The number of rotatable bonds is 8. The van der Waals surface area contributed by atoms with Gasteiger partial charge in [0.25, 0.3) is 12.3 Å². The van der Waals surface area contributed by atoms with Gasteiger partial charge in [0.15, 0.2) is 0 Å². The van der Waals surface area contributed by atoms with E-state index in [1.165, 1.54) is 0 Å². The number of hydrogen-bond donors (Lipinski definition) is 1. The monoisotopic (exact) mass is 369 g/mol. The van der Waals surface area contributed by atoms with Gasteiger partial charge >= 0.3 is 0 Å². The maximum absolute atomic E-state index is 8.98. The average Bonchev–Trinajstić information content (AvgIpc) is 3.22. The molecule has 0 aliphatic carbocycles. The topological polar surface area (TPSA) is 108 Å². The molecular formula is C17H15N5O3S. The van der Waals surface area contributed by atoms with Crippen molar-refractivity contribution in [3.63, 3.8) is 0 Å². The number of benzene rings is 2. The van der Waals surface area contributed by atoms with Crippen molar-refractivity contribution in [3.05, 3.63) is 77.9 Å². The first-order valence-electron chi connectivity index (χ1n) is 7.60. The van der Waals surface area contributed by atoms with Crippen LogP contribution in [0.2, 0.25) is 0 Å². The van der Waals surface area contributed by atoms with Crippen molar-refractivity contribution >= 4 is 12.3 Å². The van der Waals surface area contributed by atoms with Gasteiger partial charge < -0.3 is 8.75 Å². The van der Waals surface area contributed by atoms with Gasteiger partial charge in [-0.3, -0.25) is 0 Å². The highest BCUT2D eigenvalue weighted by atomic mass is 32.2. The molecule has 0 aliphatic rings. The lowest BCUT2D eigenvalue weighted by Crippen LogP contribution is -2.12. The third kappa shape index (κ3) is 4.59. The number of nitrogens with zero attached hydrogens (tertiary/aromatic N) is 4. The van der Waals surface area contributed by atoms with Crippen molar-refractivity contribution in [2.45, 2.75) is 12.5 Å². The molecule has 0 spiro atoms. The molecule has 9 heteroatoms. The summed E-state index contributed by atoms with van der Waals surface area (Å²) >= 11 is 0.630. The van der Waals surface area contributed by atoms with Crippen molar-refractivity contribution in [1.82, 2.24) is 14.8 Å². The predicted molar refractivity (Wildman–Crippen MR) is 94.0 cm³/mol. The number of hydrogen-bond acceptors (Lipinski definition) is 8.